The fourth-order valence-electron chi connectivity index (χ4n) is 3.18. The van der Waals surface area contributed by atoms with Crippen molar-refractivity contribution in [3.8, 4) is 23.0 Å². The number of rotatable bonds is 8. The van der Waals surface area contributed by atoms with Crippen LogP contribution in [-0.4, -0.2) is 13.9 Å². The van der Waals surface area contributed by atoms with E-state index in [0.717, 1.165) is 27.1 Å². The van der Waals surface area contributed by atoms with Crippen LogP contribution in [-0.2, 0) is 19.7 Å². The topological polar surface area (TPSA) is 49.0 Å². The highest BCUT2D eigenvalue weighted by atomic mass is 79.9. The molecule has 1 aliphatic rings. The molecule has 0 unspecified atom stereocenters. The van der Waals surface area contributed by atoms with Gasteiger partial charge in [0.05, 0.1) is 11.6 Å². The molecular formula is C23H21BrFNO4. The maximum absolute atomic E-state index is 13.8. The molecule has 3 aromatic carbocycles. The van der Waals surface area contributed by atoms with Crippen molar-refractivity contribution in [2.45, 2.75) is 19.7 Å². The Hall–Kier alpha value is -2.77. The number of nitrogens with one attached hydrogen (secondary N) is 1. The van der Waals surface area contributed by atoms with Crippen LogP contribution in [0, 0.1) is 5.82 Å². The molecule has 0 bridgehead atoms. The summed E-state index contributed by atoms with van der Waals surface area (Å²) in [4.78, 5) is 0. The maximum Gasteiger partial charge on any atom is 0.231 e. The maximum atomic E-state index is 13.8. The molecule has 0 aromatic heterocycles. The Kier molecular flexibility index (Phi) is 6.40. The zero-order valence-corrected chi connectivity index (χ0v) is 18.0. The van der Waals surface area contributed by atoms with Crippen molar-refractivity contribution < 1.29 is 23.3 Å². The molecule has 5 nitrogen and oxygen atoms in total. The van der Waals surface area contributed by atoms with Gasteiger partial charge in [0.1, 0.15) is 12.4 Å². The van der Waals surface area contributed by atoms with Gasteiger partial charge in [-0.25, -0.2) is 4.39 Å². The van der Waals surface area contributed by atoms with Crippen LogP contribution < -0.4 is 24.3 Å². The third-order valence-electron chi connectivity index (χ3n) is 4.71. The lowest BCUT2D eigenvalue weighted by Crippen LogP contribution is -2.13. The lowest BCUT2D eigenvalue weighted by Gasteiger charge is -2.15. The SMILES string of the molecule is COc1cc(CNCc2ccc3c(c2)OCO3)cc(Br)c1OCc1ccccc1F. The molecular weight excluding hydrogens is 453 g/mol. The first-order valence-electron chi connectivity index (χ1n) is 9.46. The van der Waals surface area contributed by atoms with Crippen molar-refractivity contribution in [1.29, 1.82) is 0 Å². The highest BCUT2D eigenvalue weighted by Crippen LogP contribution is 2.37. The molecule has 1 aliphatic heterocycles. The third-order valence-corrected chi connectivity index (χ3v) is 5.30. The van der Waals surface area contributed by atoms with E-state index in [-0.39, 0.29) is 19.2 Å². The Balaban J connectivity index is 1.39. The van der Waals surface area contributed by atoms with Crippen molar-refractivity contribution in [2.24, 2.45) is 0 Å². The summed E-state index contributed by atoms with van der Waals surface area (Å²) in [6.45, 7) is 1.70. The quantitative estimate of drug-likeness (QED) is 0.487. The van der Waals surface area contributed by atoms with E-state index < -0.39 is 0 Å². The lowest BCUT2D eigenvalue weighted by molar-refractivity contribution is 0.174. The minimum atomic E-state index is -0.295. The van der Waals surface area contributed by atoms with E-state index in [9.17, 15) is 4.39 Å². The summed E-state index contributed by atoms with van der Waals surface area (Å²) in [5, 5.41) is 3.41. The number of hydrogen-bond acceptors (Lipinski definition) is 5. The number of methoxy groups -OCH3 is 1. The molecule has 0 aliphatic carbocycles. The highest BCUT2D eigenvalue weighted by molar-refractivity contribution is 9.10. The monoisotopic (exact) mass is 473 g/mol. The molecule has 0 saturated heterocycles. The molecule has 7 heteroatoms. The standard InChI is InChI=1S/C23H21BrFNO4/c1-27-22-10-16(12-26-11-15-6-7-20-21(9-15)30-14-29-20)8-18(24)23(22)28-13-17-4-2-3-5-19(17)25/h2-10,26H,11-14H2,1H3. The molecule has 0 radical (unpaired) electrons. The second-order valence-electron chi connectivity index (χ2n) is 6.78. The van der Waals surface area contributed by atoms with Crippen LogP contribution >= 0.6 is 15.9 Å². The largest absolute Gasteiger partial charge is 0.493 e. The first kappa shape index (κ1) is 20.5. The van der Waals surface area contributed by atoms with Crippen LogP contribution in [0.3, 0.4) is 0 Å². The van der Waals surface area contributed by atoms with Crippen molar-refractivity contribution >= 4 is 15.9 Å². The van der Waals surface area contributed by atoms with E-state index in [1.54, 1.807) is 25.3 Å². The van der Waals surface area contributed by atoms with E-state index in [1.807, 2.05) is 30.3 Å². The van der Waals surface area contributed by atoms with Gasteiger partial charge in [-0.3, -0.25) is 0 Å². The van der Waals surface area contributed by atoms with Crippen molar-refractivity contribution in [3.63, 3.8) is 0 Å². The Morgan fingerprint density at radius 2 is 1.80 bits per heavy atom. The van der Waals surface area contributed by atoms with Crippen molar-refractivity contribution in [3.05, 3.63) is 81.6 Å². The molecule has 1 N–H and O–H groups in total. The number of hydrogen-bond donors (Lipinski definition) is 1. The van der Waals surface area contributed by atoms with E-state index >= 15 is 0 Å². The van der Waals surface area contributed by atoms with Gasteiger partial charge in [0, 0.05) is 18.7 Å². The molecule has 0 saturated carbocycles. The summed E-state index contributed by atoms with van der Waals surface area (Å²) in [5.74, 6) is 2.38. The zero-order chi connectivity index (χ0) is 20.9. The lowest BCUT2D eigenvalue weighted by atomic mass is 10.1. The summed E-state index contributed by atoms with van der Waals surface area (Å²) < 4.78 is 36.7. The van der Waals surface area contributed by atoms with Crippen molar-refractivity contribution in [1.82, 2.24) is 5.32 Å². The molecule has 1 heterocycles. The zero-order valence-electron chi connectivity index (χ0n) is 16.4. The van der Waals surface area contributed by atoms with E-state index in [4.69, 9.17) is 18.9 Å². The van der Waals surface area contributed by atoms with Crippen LogP contribution in [0.4, 0.5) is 4.39 Å². The van der Waals surface area contributed by atoms with Gasteiger partial charge >= 0.3 is 0 Å². The number of benzene rings is 3. The molecule has 30 heavy (non-hydrogen) atoms. The molecule has 0 spiro atoms. The van der Waals surface area contributed by atoms with E-state index in [0.29, 0.717) is 30.2 Å². The first-order chi connectivity index (χ1) is 14.6. The van der Waals surface area contributed by atoms with Gasteiger partial charge in [0.15, 0.2) is 23.0 Å². The van der Waals surface area contributed by atoms with Gasteiger partial charge in [-0.2, -0.15) is 0 Å². The van der Waals surface area contributed by atoms with Crippen molar-refractivity contribution in [2.75, 3.05) is 13.9 Å². The average molecular weight is 474 g/mol. The molecule has 4 rings (SSSR count). The van der Waals surface area contributed by atoms with Gasteiger partial charge in [0.2, 0.25) is 6.79 Å². The Bertz CT molecular complexity index is 1040. The van der Waals surface area contributed by atoms with Crippen LogP contribution in [0.15, 0.2) is 59.1 Å². The predicted octanol–water partition coefficient (Wildman–Crippen LogP) is 5.19. The summed E-state index contributed by atoms with van der Waals surface area (Å²) in [7, 11) is 1.58. The molecule has 3 aromatic rings. The molecule has 156 valence electrons. The molecule has 0 fully saturated rings. The second-order valence-corrected chi connectivity index (χ2v) is 7.63. The number of fused-ring (bicyclic) bond motifs is 1. The van der Waals surface area contributed by atoms with Gasteiger partial charge in [0.25, 0.3) is 0 Å². The van der Waals surface area contributed by atoms with Gasteiger partial charge in [-0.1, -0.05) is 24.3 Å². The van der Waals surface area contributed by atoms with Gasteiger partial charge in [-0.05, 0) is 57.4 Å². The van der Waals surface area contributed by atoms with E-state index in [2.05, 4.69) is 21.2 Å². The minimum absolute atomic E-state index is 0.114. The number of halogens is 2. The molecule has 0 atom stereocenters. The van der Waals surface area contributed by atoms with Crippen LogP contribution in [0.1, 0.15) is 16.7 Å². The molecule has 0 amide bonds. The fourth-order valence-corrected chi connectivity index (χ4v) is 3.79. The summed E-state index contributed by atoms with van der Waals surface area (Å²) in [6.07, 6.45) is 0. The minimum Gasteiger partial charge on any atom is -0.493 e. The third kappa shape index (κ3) is 4.68. The summed E-state index contributed by atoms with van der Waals surface area (Å²) >= 11 is 3.54. The summed E-state index contributed by atoms with van der Waals surface area (Å²) in [6, 6.07) is 16.3. The predicted molar refractivity (Wildman–Crippen MR) is 115 cm³/mol. The first-order valence-corrected chi connectivity index (χ1v) is 10.2. The van der Waals surface area contributed by atoms with Gasteiger partial charge < -0.3 is 24.3 Å². The Labute approximate surface area is 182 Å². The fraction of sp³-hybridized carbons (Fsp3) is 0.217. The Morgan fingerprint density at radius 3 is 2.63 bits per heavy atom. The van der Waals surface area contributed by atoms with Crippen LogP contribution in [0.5, 0.6) is 23.0 Å². The van der Waals surface area contributed by atoms with Crippen LogP contribution in [0.25, 0.3) is 0 Å². The van der Waals surface area contributed by atoms with E-state index in [1.165, 1.54) is 6.07 Å². The Morgan fingerprint density at radius 1 is 1.00 bits per heavy atom. The van der Waals surface area contributed by atoms with Crippen LogP contribution in [0.2, 0.25) is 0 Å². The average Bonchev–Trinajstić information content (AvgIpc) is 3.21. The van der Waals surface area contributed by atoms with Gasteiger partial charge in [-0.15, -0.1) is 0 Å². The normalized spacial score (nSPS) is 12.1. The number of ether oxygens (including phenoxy) is 4. The second kappa shape index (κ2) is 9.36. The summed E-state index contributed by atoms with van der Waals surface area (Å²) in [5.41, 5.74) is 2.62. The highest BCUT2D eigenvalue weighted by Gasteiger charge is 2.14. The smallest absolute Gasteiger partial charge is 0.231 e.